The summed E-state index contributed by atoms with van der Waals surface area (Å²) in [7, 11) is 0. The molecule has 1 heterocycles. The molecule has 1 N–H and O–H groups in total. The van der Waals surface area contributed by atoms with Crippen molar-refractivity contribution in [2.24, 2.45) is 0 Å². The van der Waals surface area contributed by atoms with Gasteiger partial charge in [-0.15, -0.1) is 0 Å². The second kappa shape index (κ2) is 1.99. The molecule has 0 saturated carbocycles. The van der Waals surface area contributed by atoms with E-state index in [9.17, 15) is 0 Å². The summed E-state index contributed by atoms with van der Waals surface area (Å²) in [4.78, 5) is 3.85. The van der Waals surface area contributed by atoms with E-state index in [0.29, 0.717) is 13.2 Å². The van der Waals surface area contributed by atoms with Gasteiger partial charge in [0, 0.05) is 6.92 Å². The molecule has 1 aliphatic heterocycles. The summed E-state index contributed by atoms with van der Waals surface area (Å²) in [6.45, 7) is 2.44. The van der Waals surface area contributed by atoms with Crippen molar-refractivity contribution in [1.29, 1.82) is 0 Å². The molecular weight excluding hydrogens is 112 g/mol. The fourth-order valence-corrected chi connectivity index (χ4v) is 0.548. The molecule has 8 heavy (non-hydrogen) atoms. The molecule has 0 aromatic carbocycles. The minimum absolute atomic E-state index is 0.469. The van der Waals surface area contributed by atoms with E-state index < -0.39 is 5.97 Å². The lowest BCUT2D eigenvalue weighted by molar-refractivity contribution is -0.455. The van der Waals surface area contributed by atoms with E-state index in [2.05, 4.69) is 4.89 Å². The van der Waals surface area contributed by atoms with Gasteiger partial charge in [-0.05, 0) is 0 Å². The molecular formula is C4H8O4. The van der Waals surface area contributed by atoms with Gasteiger partial charge in [-0.3, -0.25) is 0 Å². The maximum atomic E-state index is 8.08. The third-order valence-electron chi connectivity index (χ3n) is 0.978. The third-order valence-corrected chi connectivity index (χ3v) is 0.978. The fourth-order valence-electron chi connectivity index (χ4n) is 0.548. The molecule has 1 aliphatic rings. The highest BCUT2D eigenvalue weighted by atomic mass is 17.2. The van der Waals surface area contributed by atoms with E-state index in [1.165, 1.54) is 6.92 Å². The first-order chi connectivity index (χ1) is 3.77. The van der Waals surface area contributed by atoms with Crippen molar-refractivity contribution in [2.75, 3.05) is 13.2 Å². The second-order valence-electron chi connectivity index (χ2n) is 1.65. The Kier molecular flexibility index (Phi) is 1.48. The zero-order valence-electron chi connectivity index (χ0n) is 4.59. The molecule has 0 amide bonds. The van der Waals surface area contributed by atoms with Crippen LogP contribution in [0.3, 0.4) is 0 Å². The zero-order chi connectivity index (χ0) is 6.04. The van der Waals surface area contributed by atoms with Crippen LogP contribution >= 0.6 is 0 Å². The summed E-state index contributed by atoms with van der Waals surface area (Å²) in [5.41, 5.74) is 0. The first kappa shape index (κ1) is 5.97. The summed E-state index contributed by atoms with van der Waals surface area (Å²) in [5, 5.41) is 8.08. The van der Waals surface area contributed by atoms with Gasteiger partial charge in [-0.25, -0.2) is 5.26 Å². The van der Waals surface area contributed by atoms with Gasteiger partial charge in [0.1, 0.15) is 0 Å². The number of hydrogen-bond donors (Lipinski definition) is 1. The quantitative estimate of drug-likeness (QED) is 0.396. The molecule has 0 bridgehead atoms. The van der Waals surface area contributed by atoms with Crippen LogP contribution in [0.1, 0.15) is 6.92 Å². The molecule has 4 heteroatoms. The summed E-state index contributed by atoms with van der Waals surface area (Å²) >= 11 is 0. The summed E-state index contributed by atoms with van der Waals surface area (Å²) in [6, 6.07) is 0. The Morgan fingerprint density at radius 3 is 2.25 bits per heavy atom. The number of ether oxygens (including phenoxy) is 2. The highest BCUT2D eigenvalue weighted by Gasteiger charge is 2.32. The first-order valence-electron chi connectivity index (χ1n) is 2.37. The number of rotatable bonds is 1. The second-order valence-corrected chi connectivity index (χ2v) is 1.65. The lowest BCUT2D eigenvalue weighted by Gasteiger charge is -2.15. The minimum atomic E-state index is -1.21. The fraction of sp³-hybridized carbons (Fsp3) is 1.00. The van der Waals surface area contributed by atoms with Gasteiger partial charge in [-0.2, -0.15) is 4.89 Å². The van der Waals surface area contributed by atoms with Crippen LogP contribution in [0.4, 0.5) is 0 Å². The van der Waals surface area contributed by atoms with Crippen LogP contribution in [0, 0.1) is 0 Å². The maximum absolute atomic E-state index is 8.08. The van der Waals surface area contributed by atoms with Gasteiger partial charge in [0.05, 0.1) is 13.2 Å². The van der Waals surface area contributed by atoms with Gasteiger partial charge in [-0.1, -0.05) is 0 Å². The van der Waals surface area contributed by atoms with Gasteiger partial charge in [0.25, 0.3) is 0 Å². The smallest absolute Gasteiger partial charge is 0.309 e. The largest absolute Gasteiger partial charge is 0.323 e. The Morgan fingerprint density at radius 2 is 2.00 bits per heavy atom. The van der Waals surface area contributed by atoms with Crippen LogP contribution in [-0.4, -0.2) is 24.4 Å². The van der Waals surface area contributed by atoms with E-state index in [-0.39, 0.29) is 0 Å². The predicted molar refractivity (Wildman–Crippen MR) is 24.0 cm³/mol. The Bertz CT molecular complexity index is 76.1. The Morgan fingerprint density at radius 1 is 1.50 bits per heavy atom. The molecule has 1 rings (SSSR count). The Labute approximate surface area is 46.9 Å². The molecule has 0 radical (unpaired) electrons. The molecule has 1 fully saturated rings. The molecule has 0 spiro atoms. The number of hydrogen-bond acceptors (Lipinski definition) is 4. The standard InChI is InChI=1S/C4H8O4/c1-4(8-5)6-2-3-7-4/h5H,2-3H2,1H3. The van der Waals surface area contributed by atoms with E-state index >= 15 is 0 Å². The van der Waals surface area contributed by atoms with Crippen molar-refractivity contribution in [3.63, 3.8) is 0 Å². The highest BCUT2D eigenvalue weighted by molar-refractivity contribution is 4.51. The van der Waals surface area contributed by atoms with Crippen LogP contribution < -0.4 is 0 Å². The van der Waals surface area contributed by atoms with Gasteiger partial charge >= 0.3 is 5.97 Å². The van der Waals surface area contributed by atoms with Crippen molar-refractivity contribution < 1.29 is 19.6 Å². The topological polar surface area (TPSA) is 47.9 Å². The SMILES string of the molecule is CC1(OO)OCCO1. The predicted octanol–water partition coefficient (Wildman–Crippen LogP) is 0.196. The first-order valence-corrected chi connectivity index (χ1v) is 2.37. The average Bonchev–Trinajstić information content (AvgIpc) is 2.17. The van der Waals surface area contributed by atoms with Crippen molar-refractivity contribution in [2.45, 2.75) is 12.9 Å². The van der Waals surface area contributed by atoms with Crippen LogP contribution in [0.5, 0.6) is 0 Å². The van der Waals surface area contributed by atoms with E-state index in [4.69, 9.17) is 14.7 Å². The lowest BCUT2D eigenvalue weighted by atomic mass is 10.7. The van der Waals surface area contributed by atoms with Crippen molar-refractivity contribution >= 4 is 0 Å². The van der Waals surface area contributed by atoms with Crippen molar-refractivity contribution in [3.05, 3.63) is 0 Å². The van der Waals surface area contributed by atoms with E-state index in [0.717, 1.165) is 0 Å². The van der Waals surface area contributed by atoms with Crippen LogP contribution in [0.25, 0.3) is 0 Å². The monoisotopic (exact) mass is 120 g/mol. The molecule has 1 saturated heterocycles. The molecule has 0 unspecified atom stereocenters. The summed E-state index contributed by atoms with van der Waals surface area (Å²) in [5.74, 6) is -1.21. The Balaban J connectivity index is 2.40. The highest BCUT2D eigenvalue weighted by Crippen LogP contribution is 2.17. The van der Waals surface area contributed by atoms with Crippen LogP contribution in [-0.2, 0) is 14.4 Å². The van der Waals surface area contributed by atoms with Gasteiger partial charge < -0.3 is 9.47 Å². The summed E-state index contributed by atoms with van der Waals surface area (Å²) < 4.78 is 9.59. The minimum Gasteiger partial charge on any atom is -0.323 e. The van der Waals surface area contributed by atoms with E-state index in [1.54, 1.807) is 0 Å². The van der Waals surface area contributed by atoms with Crippen LogP contribution in [0.15, 0.2) is 0 Å². The van der Waals surface area contributed by atoms with E-state index in [1.807, 2.05) is 0 Å². The molecule has 0 aromatic rings. The average molecular weight is 120 g/mol. The summed E-state index contributed by atoms with van der Waals surface area (Å²) in [6.07, 6.45) is 0. The molecule has 48 valence electrons. The van der Waals surface area contributed by atoms with Crippen molar-refractivity contribution in [1.82, 2.24) is 0 Å². The molecule has 0 aliphatic carbocycles. The third kappa shape index (κ3) is 0.976. The molecule has 0 atom stereocenters. The lowest BCUT2D eigenvalue weighted by Crippen LogP contribution is -2.27. The van der Waals surface area contributed by atoms with Crippen LogP contribution in [0.2, 0.25) is 0 Å². The van der Waals surface area contributed by atoms with Gasteiger partial charge in [0.15, 0.2) is 0 Å². The molecule has 4 nitrogen and oxygen atoms in total. The molecule has 0 aromatic heterocycles. The Hall–Kier alpha value is -0.160. The normalized spacial score (nSPS) is 26.2. The van der Waals surface area contributed by atoms with Gasteiger partial charge in [0.2, 0.25) is 0 Å². The maximum Gasteiger partial charge on any atom is 0.309 e. The van der Waals surface area contributed by atoms with Crippen molar-refractivity contribution in [3.8, 4) is 0 Å². The zero-order valence-corrected chi connectivity index (χ0v) is 4.59.